The van der Waals surface area contributed by atoms with E-state index in [2.05, 4.69) is 34.1 Å². The third-order valence-electron chi connectivity index (χ3n) is 3.59. The fourth-order valence-electron chi connectivity index (χ4n) is 2.58. The molecule has 1 saturated carbocycles. The molecule has 0 N–H and O–H groups in total. The summed E-state index contributed by atoms with van der Waals surface area (Å²) in [6.45, 7) is 0.932. The summed E-state index contributed by atoms with van der Waals surface area (Å²) in [7, 11) is 0. The van der Waals surface area contributed by atoms with Crippen LogP contribution in [0.1, 0.15) is 55.3 Å². The van der Waals surface area contributed by atoms with Crippen LogP contribution in [-0.2, 0) is 4.74 Å². The lowest BCUT2D eigenvalue weighted by Gasteiger charge is -2.25. The third-order valence-corrected chi connectivity index (χ3v) is 4.09. The highest BCUT2D eigenvalue weighted by atomic mass is 79.9. The molecule has 1 aromatic rings. The van der Waals surface area contributed by atoms with Gasteiger partial charge in [-0.1, -0.05) is 22.0 Å². The zero-order valence-electron chi connectivity index (χ0n) is 9.42. The van der Waals surface area contributed by atoms with Crippen LogP contribution in [0.5, 0.6) is 0 Å². The molecule has 1 saturated heterocycles. The van der Waals surface area contributed by atoms with Crippen molar-refractivity contribution < 1.29 is 4.74 Å². The van der Waals surface area contributed by atoms with Gasteiger partial charge in [0.2, 0.25) is 0 Å². The minimum absolute atomic E-state index is 0.349. The van der Waals surface area contributed by atoms with Crippen molar-refractivity contribution in [2.75, 3.05) is 6.61 Å². The van der Waals surface area contributed by atoms with Crippen LogP contribution < -0.4 is 0 Å². The Morgan fingerprint density at radius 3 is 2.62 bits per heavy atom. The van der Waals surface area contributed by atoms with E-state index < -0.39 is 0 Å². The van der Waals surface area contributed by atoms with Crippen LogP contribution in [-0.4, -0.2) is 6.61 Å². The van der Waals surface area contributed by atoms with Gasteiger partial charge >= 0.3 is 0 Å². The van der Waals surface area contributed by atoms with Crippen molar-refractivity contribution in [3.63, 3.8) is 0 Å². The molecule has 0 bridgehead atoms. The normalized spacial score (nSPS) is 25.7. The van der Waals surface area contributed by atoms with Gasteiger partial charge in [-0.25, -0.2) is 0 Å². The largest absolute Gasteiger partial charge is 0.374 e. The molecule has 1 atom stereocenters. The third kappa shape index (κ3) is 2.18. The number of rotatable bonds is 2. The summed E-state index contributed by atoms with van der Waals surface area (Å²) >= 11 is 3.58. The van der Waals surface area contributed by atoms with Gasteiger partial charge in [-0.05, 0) is 61.3 Å². The van der Waals surface area contributed by atoms with Crippen LogP contribution in [0, 0.1) is 0 Å². The van der Waals surface area contributed by atoms with Crippen LogP contribution in [0.25, 0.3) is 0 Å². The summed E-state index contributed by atoms with van der Waals surface area (Å²) in [4.78, 5) is 0. The Bertz CT molecular complexity index is 378. The van der Waals surface area contributed by atoms with Gasteiger partial charge in [0.25, 0.3) is 0 Å². The van der Waals surface area contributed by atoms with Crippen molar-refractivity contribution in [2.24, 2.45) is 0 Å². The molecule has 2 fully saturated rings. The lowest BCUT2D eigenvalue weighted by Crippen LogP contribution is -2.13. The van der Waals surface area contributed by atoms with Gasteiger partial charge in [-0.3, -0.25) is 0 Å². The standard InChI is InChI=1S/C14H17BrO/c15-11-6-7-12(10-4-5-10)13(9-11)14-3-1-2-8-16-14/h6-7,9-10,14H,1-5,8H2. The van der Waals surface area contributed by atoms with Crippen LogP contribution in [0.3, 0.4) is 0 Å². The molecular formula is C14H17BrO. The van der Waals surface area contributed by atoms with Crippen LogP contribution >= 0.6 is 15.9 Å². The molecule has 3 rings (SSSR count). The summed E-state index contributed by atoms with van der Waals surface area (Å²) in [6, 6.07) is 6.72. The van der Waals surface area contributed by atoms with Crippen molar-refractivity contribution in [3.8, 4) is 0 Å². The number of halogens is 1. The summed E-state index contributed by atoms with van der Waals surface area (Å²) in [5.74, 6) is 0.814. The maximum Gasteiger partial charge on any atom is 0.0828 e. The zero-order chi connectivity index (χ0) is 11.0. The summed E-state index contributed by atoms with van der Waals surface area (Å²) in [5, 5.41) is 0. The Hall–Kier alpha value is -0.340. The Morgan fingerprint density at radius 1 is 1.06 bits per heavy atom. The number of ether oxygens (including phenoxy) is 1. The fourth-order valence-corrected chi connectivity index (χ4v) is 2.96. The molecule has 0 amide bonds. The predicted octanol–water partition coefficient (Wildman–Crippen LogP) is 4.57. The van der Waals surface area contributed by atoms with Gasteiger partial charge in [0.05, 0.1) is 6.10 Å². The van der Waals surface area contributed by atoms with Crippen molar-refractivity contribution in [3.05, 3.63) is 33.8 Å². The molecule has 16 heavy (non-hydrogen) atoms. The van der Waals surface area contributed by atoms with Crippen molar-refractivity contribution >= 4 is 15.9 Å². The molecule has 0 aromatic heterocycles. The minimum atomic E-state index is 0.349. The van der Waals surface area contributed by atoms with E-state index in [1.807, 2.05) is 0 Å². The highest BCUT2D eigenvalue weighted by Crippen LogP contribution is 2.45. The molecule has 1 heterocycles. The second-order valence-electron chi connectivity index (χ2n) is 4.90. The first-order chi connectivity index (χ1) is 7.84. The Balaban J connectivity index is 1.92. The summed E-state index contributed by atoms with van der Waals surface area (Å²) in [5.41, 5.74) is 2.98. The Labute approximate surface area is 105 Å². The molecule has 0 radical (unpaired) electrons. The Morgan fingerprint density at radius 2 is 1.94 bits per heavy atom. The minimum Gasteiger partial charge on any atom is -0.374 e. The predicted molar refractivity (Wildman–Crippen MR) is 68.7 cm³/mol. The van der Waals surface area contributed by atoms with E-state index in [1.165, 1.54) is 47.7 Å². The number of benzene rings is 1. The first kappa shape index (κ1) is 10.8. The zero-order valence-corrected chi connectivity index (χ0v) is 11.0. The maximum absolute atomic E-state index is 5.92. The lowest BCUT2D eigenvalue weighted by atomic mass is 9.94. The highest BCUT2D eigenvalue weighted by Gasteiger charge is 2.29. The fraction of sp³-hybridized carbons (Fsp3) is 0.571. The first-order valence-electron chi connectivity index (χ1n) is 6.25. The summed E-state index contributed by atoms with van der Waals surface area (Å²) in [6.07, 6.45) is 6.80. The molecule has 1 unspecified atom stereocenters. The van der Waals surface area contributed by atoms with E-state index in [9.17, 15) is 0 Å². The lowest BCUT2D eigenvalue weighted by molar-refractivity contribution is 0.0144. The van der Waals surface area contributed by atoms with E-state index >= 15 is 0 Å². The van der Waals surface area contributed by atoms with Crippen LogP contribution in [0.4, 0.5) is 0 Å². The van der Waals surface area contributed by atoms with E-state index in [-0.39, 0.29) is 0 Å². The second-order valence-corrected chi connectivity index (χ2v) is 5.82. The van der Waals surface area contributed by atoms with Gasteiger partial charge in [0.15, 0.2) is 0 Å². The average Bonchev–Trinajstić information content (AvgIpc) is 3.14. The van der Waals surface area contributed by atoms with Gasteiger partial charge in [0, 0.05) is 11.1 Å². The molecule has 2 aliphatic rings. The molecule has 1 aromatic carbocycles. The van der Waals surface area contributed by atoms with E-state index in [0.717, 1.165) is 12.5 Å². The highest BCUT2D eigenvalue weighted by molar-refractivity contribution is 9.10. The molecule has 1 aliphatic heterocycles. The van der Waals surface area contributed by atoms with Gasteiger partial charge in [-0.15, -0.1) is 0 Å². The molecule has 86 valence electrons. The van der Waals surface area contributed by atoms with Crippen molar-refractivity contribution in [1.29, 1.82) is 0 Å². The number of hydrogen-bond acceptors (Lipinski definition) is 1. The van der Waals surface area contributed by atoms with E-state index in [1.54, 1.807) is 0 Å². The average molecular weight is 281 g/mol. The summed E-state index contributed by atoms with van der Waals surface area (Å²) < 4.78 is 7.10. The SMILES string of the molecule is Brc1ccc(C2CC2)c(C2CCCCO2)c1. The van der Waals surface area contributed by atoms with Gasteiger partial charge in [0.1, 0.15) is 0 Å². The van der Waals surface area contributed by atoms with E-state index in [4.69, 9.17) is 4.74 Å². The molecule has 1 nitrogen and oxygen atoms in total. The van der Waals surface area contributed by atoms with Crippen LogP contribution in [0.2, 0.25) is 0 Å². The first-order valence-corrected chi connectivity index (χ1v) is 7.05. The van der Waals surface area contributed by atoms with Gasteiger partial charge < -0.3 is 4.74 Å². The molecule has 1 aliphatic carbocycles. The van der Waals surface area contributed by atoms with E-state index in [0.29, 0.717) is 6.10 Å². The van der Waals surface area contributed by atoms with Crippen molar-refractivity contribution in [2.45, 2.75) is 44.1 Å². The quantitative estimate of drug-likeness (QED) is 0.771. The maximum atomic E-state index is 5.92. The molecule has 0 spiro atoms. The van der Waals surface area contributed by atoms with Gasteiger partial charge in [-0.2, -0.15) is 0 Å². The number of hydrogen-bond donors (Lipinski definition) is 0. The smallest absolute Gasteiger partial charge is 0.0828 e. The molecular weight excluding hydrogens is 264 g/mol. The monoisotopic (exact) mass is 280 g/mol. The van der Waals surface area contributed by atoms with Crippen molar-refractivity contribution in [1.82, 2.24) is 0 Å². The molecule has 2 heteroatoms. The Kier molecular flexibility index (Phi) is 3.03. The van der Waals surface area contributed by atoms with Crippen LogP contribution in [0.15, 0.2) is 22.7 Å². The topological polar surface area (TPSA) is 9.23 Å². The second kappa shape index (κ2) is 4.50.